The molecule has 0 aliphatic carbocycles. The Morgan fingerprint density at radius 2 is 2.12 bits per heavy atom. The second kappa shape index (κ2) is 9.07. The third kappa shape index (κ3) is 5.00. The number of carbonyl (C=O) groups is 1. The summed E-state index contributed by atoms with van der Waals surface area (Å²) in [5.74, 6) is 0.586. The number of aliphatic hydroxyl groups excluding tert-OH is 1. The highest BCUT2D eigenvalue weighted by molar-refractivity contribution is 7.09. The van der Waals surface area contributed by atoms with Crippen LogP contribution in [0.4, 0.5) is 0 Å². The van der Waals surface area contributed by atoms with Crippen molar-refractivity contribution < 1.29 is 14.6 Å². The van der Waals surface area contributed by atoms with Crippen molar-refractivity contribution in [3.63, 3.8) is 0 Å². The lowest BCUT2D eigenvalue weighted by atomic mass is 9.89. The number of ether oxygens (including phenoxy) is 1. The molecule has 1 aromatic rings. The number of morpholine rings is 1. The van der Waals surface area contributed by atoms with E-state index in [-0.39, 0.29) is 18.4 Å². The molecular weight excluding hydrogens is 338 g/mol. The highest BCUT2D eigenvalue weighted by Gasteiger charge is 2.32. The SMILES string of the molecule is CCCc1nc(C(=O)N2C[C@H](CO)C[C@H](CN3CCOCC3)C2)cs1. The maximum absolute atomic E-state index is 12.9. The first-order valence-corrected chi connectivity index (χ1v) is 10.2. The molecule has 2 aliphatic rings. The number of amides is 1. The van der Waals surface area contributed by atoms with Crippen molar-refractivity contribution in [2.75, 3.05) is 52.5 Å². The average molecular weight is 368 g/mol. The molecule has 3 heterocycles. The zero-order chi connectivity index (χ0) is 17.6. The number of thiazole rings is 1. The number of aliphatic hydroxyl groups is 1. The summed E-state index contributed by atoms with van der Waals surface area (Å²) in [6.07, 6.45) is 2.95. The standard InChI is InChI=1S/C18H29N3O3S/c1-2-3-17-19-16(13-25-17)18(23)21-10-14(8-15(11-21)12-22)9-20-4-6-24-7-5-20/h13-15,22H,2-12H2,1H3/t14-,15-/m1/s1. The third-order valence-electron chi connectivity index (χ3n) is 5.02. The van der Waals surface area contributed by atoms with Gasteiger partial charge < -0.3 is 14.7 Å². The minimum atomic E-state index is 0.0173. The maximum Gasteiger partial charge on any atom is 0.273 e. The summed E-state index contributed by atoms with van der Waals surface area (Å²) in [6.45, 7) is 8.12. The summed E-state index contributed by atoms with van der Waals surface area (Å²) < 4.78 is 5.42. The number of carbonyl (C=O) groups excluding carboxylic acids is 1. The van der Waals surface area contributed by atoms with Crippen molar-refractivity contribution >= 4 is 17.2 Å². The number of likely N-dealkylation sites (tertiary alicyclic amines) is 1. The second-order valence-corrected chi connectivity index (χ2v) is 8.09. The van der Waals surface area contributed by atoms with Crippen LogP contribution in [0.3, 0.4) is 0 Å². The molecule has 0 aromatic carbocycles. The van der Waals surface area contributed by atoms with E-state index in [0.717, 1.165) is 63.7 Å². The predicted molar refractivity (Wildman–Crippen MR) is 98.0 cm³/mol. The highest BCUT2D eigenvalue weighted by atomic mass is 32.1. The predicted octanol–water partition coefficient (Wildman–Crippen LogP) is 1.50. The molecule has 2 atom stereocenters. The molecule has 6 nitrogen and oxygen atoms in total. The van der Waals surface area contributed by atoms with E-state index < -0.39 is 0 Å². The van der Waals surface area contributed by atoms with Gasteiger partial charge in [0.15, 0.2) is 0 Å². The minimum absolute atomic E-state index is 0.0173. The molecule has 1 amide bonds. The number of nitrogens with zero attached hydrogens (tertiary/aromatic N) is 3. The molecule has 7 heteroatoms. The maximum atomic E-state index is 12.9. The van der Waals surface area contributed by atoms with Crippen LogP contribution in [0.2, 0.25) is 0 Å². The molecule has 3 rings (SSSR count). The third-order valence-corrected chi connectivity index (χ3v) is 5.93. The van der Waals surface area contributed by atoms with E-state index in [9.17, 15) is 9.90 Å². The summed E-state index contributed by atoms with van der Waals surface area (Å²) in [4.78, 5) is 21.7. The molecule has 2 aliphatic heterocycles. The summed E-state index contributed by atoms with van der Waals surface area (Å²) in [5, 5.41) is 12.6. The number of aromatic nitrogens is 1. The van der Waals surface area contributed by atoms with Gasteiger partial charge >= 0.3 is 0 Å². The first kappa shape index (κ1) is 18.8. The summed E-state index contributed by atoms with van der Waals surface area (Å²) in [7, 11) is 0. The molecule has 0 bridgehead atoms. The van der Waals surface area contributed by atoms with Gasteiger partial charge in [0.1, 0.15) is 5.69 Å². The van der Waals surface area contributed by atoms with Crippen molar-refractivity contribution in [2.45, 2.75) is 26.2 Å². The molecule has 0 spiro atoms. The van der Waals surface area contributed by atoms with Gasteiger partial charge in [-0.3, -0.25) is 9.69 Å². The highest BCUT2D eigenvalue weighted by Crippen LogP contribution is 2.25. The molecule has 140 valence electrons. The molecule has 0 radical (unpaired) electrons. The Morgan fingerprint density at radius 3 is 2.84 bits per heavy atom. The number of piperidine rings is 1. The van der Waals surface area contributed by atoms with Gasteiger partial charge in [0.2, 0.25) is 0 Å². The fourth-order valence-corrected chi connectivity index (χ4v) is 4.67. The lowest BCUT2D eigenvalue weighted by Gasteiger charge is -2.39. The van der Waals surface area contributed by atoms with Crippen LogP contribution in [0.1, 0.15) is 35.3 Å². The molecular formula is C18H29N3O3S. The number of hydrogen-bond donors (Lipinski definition) is 1. The fraction of sp³-hybridized carbons (Fsp3) is 0.778. The van der Waals surface area contributed by atoms with E-state index in [0.29, 0.717) is 18.2 Å². The van der Waals surface area contributed by atoms with Gasteiger partial charge in [-0.05, 0) is 31.1 Å². The lowest BCUT2D eigenvalue weighted by Crippen LogP contribution is -2.49. The van der Waals surface area contributed by atoms with E-state index >= 15 is 0 Å². The number of hydrogen-bond acceptors (Lipinski definition) is 6. The quantitative estimate of drug-likeness (QED) is 0.825. The largest absolute Gasteiger partial charge is 0.396 e. The first-order chi connectivity index (χ1) is 12.2. The fourth-order valence-electron chi connectivity index (χ4n) is 3.80. The summed E-state index contributed by atoms with van der Waals surface area (Å²) >= 11 is 1.57. The van der Waals surface area contributed by atoms with Crippen LogP contribution in [-0.4, -0.2) is 78.3 Å². The van der Waals surface area contributed by atoms with Crippen LogP contribution >= 0.6 is 11.3 Å². The smallest absolute Gasteiger partial charge is 0.273 e. The van der Waals surface area contributed by atoms with Gasteiger partial charge in [0, 0.05) is 44.7 Å². The summed E-state index contributed by atoms with van der Waals surface area (Å²) in [5.41, 5.74) is 0.567. The molecule has 1 N–H and O–H groups in total. The Labute approximate surface area is 153 Å². The van der Waals surface area contributed by atoms with Gasteiger partial charge in [-0.15, -0.1) is 11.3 Å². The Balaban J connectivity index is 1.63. The summed E-state index contributed by atoms with van der Waals surface area (Å²) in [6, 6.07) is 0. The Morgan fingerprint density at radius 1 is 1.36 bits per heavy atom. The molecule has 2 saturated heterocycles. The van der Waals surface area contributed by atoms with Crippen LogP contribution < -0.4 is 0 Å². The van der Waals surface area contributed by atoms with Gasteiger partial charge in [-0.1, -0.05) is 6.92 Å². The van der Waals surface area contributed by atoms with Crippen molar-refractivity contribution in [3.8, 4) is 0 Å². The normalized spacial score (nSPS) is 25.3. The van der Waals surface area contributed by atoms with Crippen molar-refractivity contribution in [1.82, 2.24) is 14.8 Å². The van der Waals surface area contributed by atoms with E-state index in [1.54, 1.807) is 11.3 Å². The Kier molecular flexibility index (Phi) is 6.81. The van der Waals surface area contributed by atoms with Gasteiger partial charge in [0.05, 0.1) is 18.2 Å². The van der Waals surface area contributed by atoms with Crippen LogP contribution in [0.25, 0.3) is 0 Å². The monoisotopic (exact) mass is 367 g/mol. The first-order valence-electron chi connectivity index (χ1n) is 9.34. The van der Waals surface area contributed by atoms with Crippen molar-refractivity contribution in [3.05, 3.63) is 16.1 Å². The van der Waals surface area contributed by atoms with Crippen LogP contribution in [-0.2, 0) is 11.2 Å². The Hall–Kier alpha value is -1.02. The van der Waals surface area contributed by atoms with Gasteiger partial charge in [-0.25, -0.2) is 4.98 Å². The topological polar surface area (TPSA) is 65.9 Å². The molecule has 1 aromatic heterocycles. The van der Waals surface area contributed by atoms with E-state index in [4.69, 9.17) is 4.74 Å². The number of aryl methyl sites for hydroxylation is 1. The van der Waals surface area contributed by atoms with Crippen molar-refractivity contribution in [1.29, 1.82) is 0 Å². The van der Waals surface area contributed by atoms with E-state index in [2.05, 4.69) is 16.8 Å². The van der Waals surface area contributed by atoms with Gasteiger partial charge in [0.25, 0.3) is 5.91 Å². The zero-order valence-electron chi connectivity index (χ0n) is 15.0. The zero-order valence-corrected chi connectivity index (χ0v) is 15.8. The number of rotatable bonds is 6. The average Bonchev–Trinajstić information content (AvgIpc) is 3.10. The molecule has 2 fully saturated rings. The van der Waals surface area contributed by atoms with Crippen molar-refractivity contribution in [2.24, 2.45) is 11.8 Å². The van der Waals surface area contributed by atoms with E-state index in [1.807, 2.05) is 10.3 Å². The van der Waals surface area contributed by atoms with Crippen LogP contribution in [0, 0.1) is 11.8 Å². The molecule has 0 saturated carbocycles. The molecule has 0 unspecified atom stereocenters. The van der Waals surface area contributed by atoms with E-state index in [1.165, 1.54) is 0 Å². The minimum Gasteiger partial charge on any atom is -0.396 e. The molecule has 25 heavy (non-hydrogen) atoms. The van der Waals surface area contributed by atoms with Crippen LogP contribution in [0.5, 0.6) is 0 Å². The lowest BCUT2D eigenvalue weighted by molar-refractivity contribution is 0.0129. The van der Waals surface area contributed by atoms with Crippen LogP contribution in [0.15, 0.2) is 5.38 Å². The van der Waals surface area contributed by atoms with Gasteiger partial charge in [-0.2, -0.15) is 0 Å². The Bertz CT molecular complexity index is 560. The second-order valence-electron chi connectivity index (χ2n) is 7.15.